The third kappa shape index (κ3) is 4.35. The number of benzene rings is 1. The standard InChI is InChI=1S/C14H11Cl2N7O3/c15-10-2-1-9(5-11(10)16)6-22-8-17-14(20-22)18-13(24)7-21-4-3-12(19-21)23(25)26/h1-5,8H,6-7H2,(H,18,20,24). The Labute approximate surface area is 156 Å². The van der Waals surface area contributed by atoms with E-state index in [-0.39, 0.29) is 18.3 Å². The summed E-state index contributed by atoms with van der Waals surface area (Å²) < 4.78 is 2.67. The molecule has 2 aromatic heterocycles. The lowest BCUT2D eigenvalue weighted by molar-refractivity contribution is -0.389. The van der Waals surface area contributed by atoms with Crippen molar-refractivity contribution >= 4 is 40.9 Å². The normalized spacial score (nSPS) is 10.7. The van der Waals surface area contributed by atoms with Gasteiger partial charge in [-0.05, 0) is 22.6 Å². The molecule has 0 bridgehead atoms. The van der Waals surface area contributed by atoms with Crippen molar-refractivity contribution < 1.29 is 9.72 Å². The second-order valence-corrected chi connectivity index (χ2v) is 6.01. The van der Waals surface area contributed by atoms with Gasteiger partial charge < -0.3 is 10.1 Å². The van der Waals surface area contributed by atoms with Crippen molar-refractivity contribution in [3.8, 4) is 0 Å². The zero-order valence-corrected chi connectivity index (χ0v) is 14.6. The number of hydrogen-bond donors (Lipinski definition) is 1. The number of carbonyl (C=O) groups excluding carboxylic acids is 1. The largest absolute Gasteiger partial charge is 0.389 e. The maximum absolute atomic E-state index is 11.9. The summed E-state index contributed by atoms with van der Waals surface area (Å²) >= 11 is 11.8. The van der Waals surface area contributed by atoms with Crippen molar-refractivity contribution in [2.24, 2.45) is 0 Å². The van der Waals surface area contributed by atoms with Crippen LogP contribution in [0.15, 0.2) is 36.8 Å². The molecule has 0 unspecified atom stereocenters. The van der Waals surface area contributed by atoms with Gasteiger partial charge in [-0.3, -0.25) is 10.1 Å². The summed E-state index contributed by atoms with van der Waals surface area (Å²) in [5, 5.41) is 21.8. The molecule has 1 amide bonds. The lowest BCUT2D eigenvalue weighted by Gasteiger charge is -2.03. The van der Waals surface area contributed by atoms with Crippen LogP contribution in [0.5, 0.6) is 0 Å². The van der Waals surface area contributed by atoms with Gasteiger partial charge in [0.05, 0.1) is 34.0 Å². The van der Waals surface area contributed by atoms with E-state index in [0.29, 0.717) is 16.6 Å². The van der Waals surface area contributed by atoms with Gasteiger partial charge in [0.1, 0.15) is 12.9 Å². The van der Waals surface area contributed by atoms with Gasteiger partial charge in [-0.1, -0.05) is 29.3 Å². The maximum atomic E-state index is 11.9. The van der Waals surface area contributed by atoms with Gasteiger partial charge in [0, 0.05) is 0 Å². The molecule has 0 saturated carbocycles. The Morgan fingerprint density at radius 2 is 2.00 bits per heavy atom. The molecule has 134 valence electrons. The summed E-state index contributed by atoms with van der Waals surface area (Å²) in [5.41, 5.74) is 0.867. The highest BCUT2D eigenvalue weighted by Gasteiger charge is 2.14. The van der Waals surface area contributed by atoms with E-state index in [1.54, 1.807) is 18.2 Å². The van der Waals surface area contributed by atoms with E-state index in [9.17, 15) is 14.9 Å². The summed E-state index contributed by atoms with van der Waals surface area (Å²) in [6, 6.07) is 6.41. The highest BCUT2D eigenvalue weighted by atomic mass is 35.5. The fourth-order valence-corrected chi connectivity index (χ4v) is 2.42. The Kier molecular flexibility index (Phi) is 5.14. The molecule has 12 heteroatoms. The van der Waals surface area contributed by atoms with Crippen LogP contribution in [0.1, 0.15) is 5.56 Å². The van der Waals surface area contributed by atoms with Gasteiger partial charge >= 0.3 is 5.82 Å². The molecule has 26 heavy (non-hydrogen) atoms. The predicted octanol–water partition coefficient (Wildman–Crippen LogP) is 2.38. The summed E-state index contributed by atoms with van der Waals surface area (Å²) in [6.45, 7) is 0.195. The first kappa shape index (κ1) is 17.8. The van der Waals surface area contributed by atoms with E-state index in [4.69, 9.17) is 23.2 Å². The molecule has 0 fully saturated rings. The average molecular weight is 396 g/mol. The molecule has 1 N–H and O–H groups in total. The van der Waals surface area contributed by atoms with Crippen LogP contribution >= 0.6 is 23.2 Å². The van der Waals surface area contributed by atoms with Crippen LogP contribution in [0.4, 0.5) is 11.8 Å². The second kappa shape index (κ2) is 7.50. The van der Waals surface area contributed by atoms with Crippen LogP contribution in [0.2, 0.25) is 10.0 Å². The SMILES string of the molecule is O=C(Cn1ccc([N+](=O)[O-])n1)Nc1ncn(Cc2ccc(Cl)c(Cl)c2)n1. The Morgan fingerprint density at radius 1 is 1.19 bits per heavy atom. The number of rotatable bonds is 6. The number of halogens is 2. The van der Waals surface area contributed by atoms with Gasteiger partial charge in [0.2, 0.25) is 5.95 Å². The minimum atomic E-state index is -0.638. The lowest BCUT2D eigenvalue weighted by atomic mass is 10.2. The van der Waals surface area contributed by atoms with Gasteiger partial charge in [-0.2, -0.15) is 4.68 Å². The average Bonchev–Trinajstić information content (AvgIpc) is 3.21. The van der Waals surface area contributed by atoms with Crippen LogP contribution in [-0.2, 0) is 17.9 Å². The van der Waals surface area contributed by atoms with Crippen molar-refractivity contribution in [1.82, 2.24) is 24.5 Å². The first-order valence-corrected chi connectivity index (χ1v) is 7.97. The van der Waals surface area contributed by atoms with Crippen molar-refractivity contribution in [3.05, 3.63) is 62.5 Å². The fraction of sp³-hybridized carbons (Fsp3) is 0.143. The number of nitro groups is 1. The topological polar surface area (TPSA) is 121 Å². The smallest absolute Gasteiger partial charge is 0.358 e. The summed E-state index contributed by atoms with van der Waals surface area (Å²) in [5.74, 6) is -0.686. The Hall–Kier alpha value is -2.98. The molecule has 1 aromatic carbocycles. The minimum absolute atomic E-state index is 0.108. The zero-order valence-electron chi connectivity index (χ0n) is 13.0. The van der Waals surface area contributed by atoms with E-state index in [0.717, 1.165) is 10.2 Å². The van der Waals surface area contributed by atoms with Crippen molar-refractivity contribution in [2.45, 2.75) is 13.1 Å². The maximum Gasteiger partial charge on any atom is 0.389 e. The minimum Gasteiger partial charge on any atom is -0.358 e. The highest BCUT2D eigenvalue weighted by Crippen LogP contribution is 2.22. The fourth-order valence-electron chi connectivity index (χ4n) is 2.10. The van der Waals surface area contributed by atoms with Gasteiger partial charge in [-0.15, -0.1) is 5.10 Å². The van der Waals surface area contributed by atoms with E-state index < -0.39 is 10.8 Å². The molecule has 0 saturated heterocycles. The summed E-state index contributed by atoms with van der Waals surface area (Å²) in [7, 11) is 0. The second-order valence-electron chi connectivity index (χ2n) is 5.19. The van der Waals surface area contributed by atoms with Crippen LogP contribution in [-0.4, -0.2) is 35.4 Å². The number of aromatic nitrogens is 5. The number of anilines is 1. The molecule has 0 aliphatic rings. The third-order valence-corrected chi connectivity index (χ3v) is 3.97. The first-order valence-electron chi connectivity index (χ1n) is 7.22. The molecule has 0 atom stereocenters. The highest BCUT2D eigenvalue weighted by molar-refractivity contribution is 6.42. The van der Waals surface area contributed by atoms with Crippen LogP contribution in [0.3, 0.4) is 0 Å². The summed E-state index contributed by atoms with van der Waals surface area (Å²) in [6.07, 6.45) is 2.80. The Balaban J connectivity index is 1.59. The molecule has 0 aliphatic carbocycles. The van der Waals surface area contributed by atoms with Gasteiger partial charge in [0.15, 0.2) is 0 Å². The van der Waals surface area contributed by atoms with Crippen molar-refractivity contribution in [1.29, 1.82) is 0 Å². The quantitative estimate of drug-likeness (QED) is 0.505. The summed E-state index contributed by atoms with van der Waals surface area (Å²) in [4.78, 5) is 25.9. The van der Waals surface area contributed by atoms with Crippen LogP contribution in [0.25, 0.3) is 0 Å². The molecule has 0 radical (unpaired) electrons. The van der Waals surface area contributed by atoms with Crippen LogP contribution in [0, 0.1) is 10.1 Å². The molecule has 3 aromatic rings. The molecule has 3 rings (SSSR count). The zero-order chi connectivity index (χ0) is 18.7. The third-order valence-electron chi connectivity index (χ3n) is 3.24. The molecule has 0 spiro atoms. The van der Waals surface area contributed by atoms with Crippen molar-refractivity contribution in [3.63, 3.8) is 0 Å². The molecular weight excluding hydrogens is 385 g/mol. The van der Waals surface area contributed by atoms with Crippen molar-refractivity contribution in [2.75, 3.05) is 5.32 Å². The number of nitrogens with one attached hydrogen (secondary N) is 1. The molecular formula is C14H11Cl2N7O3. The lowest BCUT2D eigenvalue weighted by Crippen LogP contribution is -2.20. The van der Waals surface area contributed by atoms with Crippen LogP contribution < -0.4 is 5.32 Å². The van der Waals surface area contributed by atoms with Gasteiger partial charge in [-0.25, -0.2) is 9.67 Å². The van der Waals surface area contributed by atoms with E-state index in [2.05, 4.69) is 20.5 Å². The number of amides is 1. The Morgan fingerprint density at radius 3 is 2.69 bits per heavy atom. The van der Waals surface area contributed by atoms with E-state index >= 15 is 0 Å². The number of nitrogens with zero attached hydrogens (tertiary/aromatic N) is 6. The predicted molar refractivity (Wildman–Crippen MR) is 93.1 cm³/mol. The van der Waals surface area contributed by atoms with E-state index in [1.165, 1.54) is 23.3 Å². The molecule has 0 aliphatic heterocycles. The monoisotopic (exact) mass is 395 g/mol. The number of carbonyl (C=O) groups is 1. The molecule has 10 nitrogen and oxygen atoms in total. The first-order chi connectivity index (χ1) is 12.4. The number of hydrogen-bond acceptors (Lipinski definition) is 6. The molecule has 2 heterocycles. The Bertz CT molecular complexity index is 969. The van der Waals surface area contributed by atoms with Gasteiger partial charge in [0.25, 0.3) is 5.91 Å². The van der Waals surface area contributed by atoms with E-state index in [1.807, 2.05) is 0 Å².